The number of aromatic nitrogens is 1. The molecule has 4 unspecified atom stereocenters. The monoisotopic (exact) mass is 561 g/mol. The number of aliphatic hydroxyl groups excluding tert-OH is 1. The van der Waals surface area contributed by atoms with Gasteiger partial charge in [-0.25, -0.2) is 18.2 Å². The smallest absolute Gasteiger partial charge is 0.208 e. The lowest BCUT2D eigenvalue weighted by molar-refractivity contribution is -0.536. The molecule has 3 heterocycles. The van der Waals surface area contributed by atoms with Crippen molar-refractivity contribution in [3.63, 3.8) is 0 Å². The van der Waals surface area contributed by atoms with E-state index in [0.29, 0.717) is 0 Å². The maximum atomic E-state index is 13.7. The normalized spacial score (nSPS) is 29.5. The van der Waals surface area contributed by atoms with Gasteiger partial charge in [-0.2, -0.15) is 5.10 Å². The molecule has 2 aromatic rings. The molecule has 182 valence electrons. The number of ether oxygens (including phenoxy) is 3. The molecule has 0 spiro atoms. The molecule has 0 aliphatic carbocycles. The molecule has 6 atom stereocenters. The zero-order valence-corrected chi connectivity index (χ0v) is 20.1. The van der Waals surface area contributed by atoms with Crippen molar-refractivity contribution in [3.8, 4) is 0 Å². The third-order valence-corrected chi connectivity index (χ3v) is 7.01. The molecule has 2 fully saturated rings. The fourth-order valence-corrected chi connectivity index (χ4v) is 5.59. The van der Waals surface area contributed by atoms with Crippen molar-refractivity contribution in [2.75, 3.05) is 13.7 Å². The number of nitrogens with two attached hydrogens (primary N) is 1. The summed E-state index contributed by atoms with van der Waals surface area (Å²) < 4.78 is 59.2. The molecule has 2 saturated heterocycles. The van der Waals surface area contributed by atoms with E-state index in [1.54, 1.807) is 12.4 Å². The molecule has 1 aromatic heterocycles. The number of fused-ring (bicyclic) bond motifs is 1. The Balaban J connectivity index is 1.64. The van der Waals surface area contributed by atoms with Gasteiger partial charge in [-0.1, -0.05) is 11.8 Å². The van der Waals surface area contributed by atoms with Crippen molar-refractivity contribution < 1.29 is 37.5 Å². The van der Waals surface area contributed by atoms with Crippen LogP contribution in [0, 0.1) is 17.5 Å². The Hall–Kier alpha value is -2.03. The Morgan fingerprint density at radius 3 is 2.68 bits per heavy atom. The summed E-state index contributed by atoms with van der Waals surface area (Å²) in [6, 6.07) is 2.88. The van der Waals surface area contributed by atoms with Gasteiger partial charge in [0.2, 0.25) is 6.04 Å². The molecule has 13 heteroatoms. The topological polar surface area (TPSA) is 113 Å². The van der Waals surface area contributed by atoms with E-state index in [-0.39, 0.29) is 17.9 Å². The molecule has 2 aliphatic heterocycles. The molecule has 0 saturated carbocycles. The average Bonchev–Trinajstić information content (AvgIpc) is 3.18. The first kappa shape index (κ1) is 25.1. The van der Waals surface area contributed by atoms with E-state index < -0.39 is 53.3 Å². The van der Waals surface area contributed by atoms with E-state index in [0.717, 1.165) is 21.5 Å². The van der Waals surface area contributed by atoms with Crippen LogP contribution in [0.5, 0.6) is 0 Å². The predicted molar refractivity (Wildman–Crippen MR) is 121 cm³/mol. The third kappa shape index (κ3) is 5.14. The van der Waals surface area contributed by atoms with Crippen LogP contribution in [-0.4, -0.2) is 71.6 Å². The van der Waals surface area contributed by atoms with Gasteiger partial charge < -0.3 is 25.2 Å². The number of halogens is 4. The van der Waals surface area contributed by atoms with Gasteiger partial charge in [0.25, 0.3) is 0 Å². The zero-order valence-electron chi connectivity index (χ0n) is 17.7. The SMILES string of the molecule is COC1C([NH+]=C/C(=N\N)c2cc(F)c(F)c(F)c2)[C@H]2OCC(O)C2O[C@@H]1Sc1cncc(Br)c1. The lowest BCUT2D eigenvalue weighted by atomic mass is 9.96. The maximum Gasteiger partial charge on any atom is 0.208 e. The van der Waals surface area contributed by atoms with Crippen molar-refractivity contribution in [3.05, 3.63) is 58.1 Å². The Kier molecular flexibility index (Phi) is 7.90. The van der Waals surface area contributed by atoms with Gasteiger partial charge in [0.15, 0.2) is 41.6 Å². The number of pyridine rings is 1. The second-order valence-corrected chi connectivity index (χ2v) is 9.68. The van der Waals surface area contributed by atoms with Gasteiger partial charge in [-0.15, -0.1) is 0 Å². The zero-order chi connectivity index (χ0) is 24.4. The van der Waals surface area contributed by atoms with E-state index in [1.807, 2.05) is 6.07 Å². The summed E-state index contributed by atoms with van der Waals surface area (Å²) >= 11 is 4.74. The molecule has 0 radical (unpaired) electrons. The van der Waals surface area contributed by atoms with Gasteiger partial charge in [0, 0.05) is 34.4 Å². The summed E-state index contributed by atoms with van der Waals surface area (Å²) in [6.45, 7) is 0.0615. The molecular formula is C21H21BrF3N4O4S+. The Labute approximate surface area is 205 Å². The number of nitrogens with one attached hydrogen (secondary N) is 1. The molecule has 34 heavy (non-hydrogen) atoms. The Morgan fingerprint density at radius 2 is 2.03 bits per heavy atom. The van der Waals surface area contributed by atoms with E-state index >= 15 is 0 Å². The molecule has 2 aliphatic rings. The molecule has 0 amide bonds. The lowest BCUT2D eigenvalue weighted by Crippen LogP contribution is -2.87. The van der Waals surface area contributed by atoms with E-state index in [2.05, 4.69) is 31.0 Å². The summed E-state index contributed by atoms with van der Waals surface area (Å²) in [7, 11) is 1.50. The fourth-order valence-electron chi connectivity index (χ4n) is 3.89. The molecule has 8 nitrogen and oxygen atoms in total. The lowest BCUT2D eigenvalue weighted by Gasteiger charge is -2.39. The summed E-state index contributed by atoms with van der Waals surface area (Å²) in [6.07, 6.45) is 1.94. The van der Waals surface area contributed by atoms with Gasteiger partial charge in [0.1, 0.15) is 17.6 Å². The number of nitrogens with zero attached hydrogens (tertiary/aromatic N) is 2. The highest BCUT2D eigenvalue weighted by molar-refractivity contribution is 9.10. The minimum Gasteiger partial charge on any atom is -0.388 e. The number of methoxy groups -OCH3 is 1. The van der Waals surface area contributed by atoms with Crippen LogP contribution in [-0.2, 0) is 14.2 Å². The summed E-state index contributed by atoms with van der Waals surface area (Å²) in [5.74, 6) is 1.11. The Bertz CT molecular complexity index is 1090. The number of hydrogen-bond acceptors (Lipinski definition) is 8. The van der Waals surface area contributed by atoms with Crippen LogP contribution in [0.3, 0.4) is 0 Å². The van der Waals surface area contributed by atoms with Crippen LogP contribution in [0.15, 0.2) is 45.1 Å². The highest BCUT2D eigenvalue weighted by Crippen LogP contribution is 2.37. The third-order valence-electron chi connectivity index (χ3n) is 5.47. The summed E-state index contributed by atoms with van der Waals surface area (Å²) in [4.78, 5) is 8.04. The number of thioether (sulfide) groups is 1. The van der Waals surface area contributed by atoms with Crippen LogP contribution < -0.4 is 10.8 Å². The molecule has 4 N–H and O–H groups in total. The van der Waals surface area contributed by atoms with Crippen molar-refractivity contribution >= 4 is 39.6 Å². The van der Waals surface area contributed by atoms with Crippen LogP contribution in [0.4, 0.5) is 13.2 Å². The minimum atomic E-state index is -1.59. The fraction of sp³-hybridized carbons (Fsp3) is 0.381. The number of hydrazone groups is 1. The molecular weight excluding hydrogens is 541 g/mol. The maximum absolute atomic E-state index is 13.7. The van der Waals surface area contributed by atoms with Crippen molar-refractivity contribution in [2.45, 2.75) is 40.8 Å². The first-order chi connectivity index (χ1) is 16.3. The Morgan fingerprint density at radius 1 is 1.29 bits per heavy atom. The standard InChI is InChI=1S/C21H20BrF3N4O4S/c1-31-20-17(28-7-14(29-26)9-2-12(23)16(25)13(24)3-9)19-18(15(30)8-32-19)33-21(20)34-11-4-10(22)5-27-6-11/h2-7,15,17-21,30H,8,26H2,1H3/p+1/b28-7?,29-14+/t15?,17?,18?,19-,20?,21-/m1/s1. The predicted octanol–water partition coefficient (Wildman–Crippen LogP) is 0.736. The quantitative estimate of drug-likeness (QED) is 0.206. The largest absolute Gasteiger partial charge is 0.388 e. The molecule has 1 aromatic carbocycles. The highest BCUT2D eigenvalue weighted by Gasteiger charge is 2.55. The van der Waals surface area contributed by atoms with E-state index in [4.69, 9.17) is 20.1 Å². The van der Waals surface area contributed by atoms with Crippen LogP contribution >= 0.6 is 27.7 Å². The van der Waals surface area contributed by atoms with Crippen LogP contribution in [0.2, 0.25) is 0 Å². The van der Waals surface area contributed by atoms with Crippen LogP contribution in [0.1, 0.15) is 5.56 Å². The van der Waals surface area contributed by atoms with Gasteiger partial charge >= 0.3 is 0 Å². The molecule has 4 rings (SSSR count). The van der Waals surface area contributed by atoms with Crippen LogP contribution in [0.25, 0.3) is 0 Å². The number of rotatable bonds is 6. The second kappa shape index (κ2) is 10.7. The van der Waals surface area contributed by atoms with Gasteiger partial charge in [0.05, 0.1) is 6.61 Å². The first-order valence-electron chi connectivity index (χ1n) is 10.1. The summed E-state index contributed by atoms with van der Waals surface area (Å²) in [5.41, 5.74) is -0.666. The van der Waals surface area contributed by atoms with E-state index in [1.165, 1.54) is 25.1 Å². The van der Waals surface area contributed by atoms with Crippen molar-refractivity contribution in [2.24, 2.45) is 10.9 Å². The number of aliphatic hydroxyl groups is 1. The van der Waals surface area contributed by atoms with Gasteiger partial charge in [-0.3, -0.25) is 4.98 Å². The number of benzene rings is 1. The van der Waals surface area contributed by atoms with Crippen molar-refractivity contribution in [1.29, 1.82) is 0 Å². The average molecular weight is 562 g/mol. The summed E-state index contributed by atoms with van der Waals surface area (Å²) in [5, 5.41) is 14.0. The highest BCUT2D eigenvalue weighted by atomic mass is 79.9. The number of hydrogen-bond donors (Lipinski definition) is 3. The minimum absolute atomic E-state index is 0.0327. The van der Waals surface area contributed by atoms with E-state index in [9.17, 15) is 18.3 Å². The van der Waals surface area contributed by atoms with Gasteiger partial charge in [-0.05, 0) is 34.1 Å². The second-order valence-electron chi connectivity index (χ2n) is 7.60. The van der Waals surface area contributed by atoms with Crippen molar-refractivity contribution in [1.82, 2.24) is 4.98 Å². The first-order valence-corrected chi connectivity index (χ1v) is 11.8. The molecule has 0 bridgehead atoms.